The number of pyridine rings is 1. The molecule has 0 aliphatic heterocycles. The summed E-state index contributed by atoms with van der Waals surface area (Å²) >= 11 is 0. The Morgan fingerprint density at radius 1 is 0.933 bits per heavy atom. The number of likely N-dealkylation sites (N-methyl/N-ethyl adjacent to an activating group) is 1. The zero-order valence-corrected chi connectivity index (χ0v) is 19.2. The molecule has 0 N–H and O–H groups in total. The van der Waals surface area contributed by atoms with Crippen LogP contribution >= 0.6 is 12.4 Å². The van der Waals surface area contributed by atoms with Gasteiger partial charge < -0.3 is 14.0 Å². The molecule has 0 amide bonds. The van der Waals surface area contributed by atoms with Gasteiger partial charge in [-0.2, -0.15) is 0 Å². The third kappa shape index (κ3) is 4.79. The Hall–Kier alpha value is -2.50. The van der Waals surface area contributed by atoms with E-state index in [0.29, 0.717) is 17.7 Å². The molecule has 0 saturated heterocycles. The van der Waals surface area contributed by atoms with Crippen molar-refractivity contribution in [1.82, 2.24) is 9.47 Å². The summed E-state index contributed by atoms with van der Waals surface area (Å²) in [6.07, 6.45) is 1.99. The van der Waals surface area contributed by atoms with E-state index in [4.69, 9.17) is 9.47 Å². The maximum absolute atomic E-state index is 13.3. The van der Waals surface area contributed by atoms with Crippen LogP contribution in [0.25, 0.3) is 21.9 Å². The molecule has 0 radical (unpaired) electrons. The molecule has 1 aromatic heterocycles. The summed E-state index contributed by atoms with van der Waals surface area (Å²) in [4.78, 5) is 15.6. The Morgan fingerprint density at radius 2 is 1.53 bits per heavy atom. The van der Waals surface area contributed by atoms with Crippen molar-refractivity contribution in [3.05, 3.63) is 59.0 Å². The average Bonchev–Trinajstić information content (AvgIpc) is 2.76. The molecule has 6 heteroatoms. The van der Waals surface area contributed by atoms with Crippen molar-refractivity contribution < 1.29 is 9.47 Å². The standard InChI is InChI=1S/C24H30N2O3.ClH/c1-6-25(7-2)17(3)15-26-16-23(18-8-10-19(28-4)11-9-18)21-13-12-20(29-5)14-22(21)24(26)27;/h8-14,16-17H,6-7,15H2,1-5H3;1H. The number of nitrogens with zero attached hydrogens (tertiary/aromatic N) is 2. The summed E-state index contributed by atoms with van der Waals surface area (Å²) in [5, 5.41) is 1.59. The van der Waals surface area contributed by atoms with Gasteiger partial charge in [0.1, 0.15) is 11.5 Å². The molecule has 0 bridgehead atoms. The van der Waals surface area contributed by atoms with Crippen LogP contribution in [0.3, 0.4) is 0 Å². The van der Waals surface area contributed by atoms with Gasteiger partial charge in [-0.25, -0.2) is 0 Å². The molecule has 30 heavy (non-hydrogen) atoms. The molecule has 1 heterocycles. The van der Waals surface area contributed by atoms with Crippen molar-refractivity contribution in [2.45, 2.75) is 33.4 Å². The van der Waals surface area contributed by atoms with Gasteiger partial charge in [0.2, 0.25) is 0 Å². The lowest BCUT2D eigenvalue weighted by atomic mass is 10.00. The van der Waals surface area contributed by atoms with Crippen molar-refractivity contribution in [3.63, 3.8) is 0 Å². The quantitative estimate of drug-likeness (QED) is 0.513. The number of rotatable bonds is 8. The van der Waals surface area contributed by atoms with Gasteiger partial charge in [0.15, 0.2) is 0 Å². The van der Waals surface area contributed by atoms with E-state index in [0.717, 1.165) is 35.4 Å². The van der Waals surface area contributed by atoms with Gasteiger partial charge >= 0.3 is 0 Å². The number of benzene rings is 2. The predicted molar refractivity (Wildman–Crippen MR) is 126 cm³/mol. The summed E-state index contributed by atoms with van der Waals surface area (Å²) in [6.45, 7) is 9.02. The monoisotopic (exact) mass is 430 g/mol. The molecule has 2 aromatic carbocycles. The van der Waals surface area contributed by atoms with Gasteiger partial charge in [0, 0.05) is 24.3 Å². The van der Waals surface area contributed by atoms with Crippen LogP contribution in [0.15, 0.2) is 53.5 Å². The van der Waals surface area contributed by atoms with Crippen molar-refractivity contribution in [2.24, 2.45) is 0 Å². The molecule has 162 valence electrons. The molecular formula is C24H31ClN2O3. The number of hydrogen-bond acceptors (Lipinski definition) is 4. The first-order valence-electron chi connectivity index (χ1n) is 10.1. The zero-order valence-electron chi connectivity index (χ0n) is 18.3. The van der Waals surface area contributed by atoms with Gasteiger partial charge in [0.25, 0.3) is 5.56 Å². The van der Waals surface area contributed by atoms with Gasteiger partial charge in [-0.1, -0.05) is 26.0 Å². The van der Waals surface area contributed by atoms with E-state index < -0.39 is 0 Å². The van der Waals surface area contributed by atoms with Crippen molar-refractivity contribution in [1.29, 1.82) is 0 Å². The number of ether oxygens (including phenoxy) is 2. The molecule has 0 aliphatic rings. The molecule has 0 spiro atoms. The topological polar surface area (TPSA) is 43.7 Å². The average molecular weight is 431 g/mol. The molecule has 1 atom stereocenters. The fourth-order valence-electron chi connectivity index (χ4n) is 3.88. The maximum Gasteiger partial charge on any atom is 0.258 e. The highest BCUT2D eigenvalue weighted by molar-refractivity contribution is 5.96. The third-order valence-corrected chi connectivity index (χ3v) is 5.59. The molecule has 3 aromatic rings. The minimum Gasteiger partial charge on any atom is -0.497 e. The smallest absolute Gasteiger partial charge is 0.258 e. The second-order valence-corrected chi connectivity index (χ2v) is 7.21. The lowest BCUT2D eigenvalue weighted by Gasteiger charge is -2.27. The number of aromatic nitrogens is 1. The summed E-state index contributed by atoms with van der Waals surface area (Å²) < 4.78 is 12.5. The van der Waals surface area contributed by atoms with Crippen LogP contribution in [0.2, 0.25) is 0 Å². The van der Waals surface area contributed by atoms with E-state index in [1.807, 2.05) is 53.2 Å². The highest BCUT2D eigenvalue weighted by Gasteiger charge is 2.16. The van der Waals surface area contributed by atoms with Gasteiger partial charge in [-0.3, -0.25) is 9.69 Å². The first-order valence-corrected chi connectivity index (χ1v) is 10.1. The lowest BCUT2D eigenvalue weighted by Crippen LogP contribution is -2.38. The molecular weight excluding hydrogens is 400 g/mol. The van der Waals surface area contributed by atoms with Crippen LogP contribution in [-0.4, -0.2) is 42.8 Å². The van der Waals surface area contributed by atoms with Crippen LogP contribution in [0.4, 0.5) is 0 Å². The van der Waals surface area contributed by atoms with E-state index in [1.165, 1.54) is 0 Å². The van der Waals surface area contributed by atoms with Crippen LogP contribution in [-0.2, 0) is 6.54 Å². The van der Waals surface area contributed by atoms with E-state index in [9.17, 15) is 4.79 Å². The molecule has 1 unspecified atom stereocenters. The van der Waals surface area contributed by atoms with Crippen molar-refractivity contribution >= 4 is 23.2 Å². The Labute approximate surface area is 184 Å². The van der Waals surface area contributed by atoms with Gasteiger partial charge in [-0.05, 0) is 61.3 Å². The highest BCUT2D eigenvalue weighted by atomic mass is 35.5. The molecule has 5 nitrogen and oxygen atoms in total. The highest BCUT2D eigenvalue weighted by Crippen LogP contribution is 2.30. The van der Waals surface area contributed by atoms with Gasteiger partial charge in [0.05, 0.1) is 19.6 Å². The van der Waals surface area contributed by atoms with Crippen LogP contribution in [0, 0.1) is 0 Å². The zero-order chi connectivity index (χ0) is 21.0. The summed E-state index contributed by atoms with van der Waals surface area (Å²) in [5.74, 6) is 1.49. The Balaban J connectivity index is 0.00000320. The fourth-order valence-corrected chi connectivity index (χ4v) is 3.88. The number of methoxy groups -OCH3 is 2. The largest absolute Gasteiger partial charge is 0.497 e. The Kier molecular flexibility index (Phi) is 8.33. The maximum atomic E-state index is 13.3. The number of halogens is 1. The second-order valence-electron chi connectivity index (χ2n) is 7.21. The van der Waals surface area contributed by atoms with Crippen molar-refractivity contribution in [3.8, 4) is 22.6 Å². The lowest BCUT2D eigenvalue weighted by molar-refractivity contribution is 0.210. The van der Waals surface area contributed by atoms with E-state index in [1.54, 1.807) is 14.2 Å². The summed E-state index contributed by atoms with van der Waals surface area (Å²) in [5.41, 5.74) is 2.08. The minimum atomic E-state index is 0. The minimum absolute atomic E-state index is 0. The fraction of sp³-hybridized carbons (Fsp3) is 0.375. The molecule has 3 rings (SSSR count). The normalized spacial score (nSPS) is 11.9. The summed E-state index contributed by atoms with van der Waals surface area (Å²) in [7, 11) is 3.28. The number of hydrogen-bond donors (Lipinski definition) is 0. The first-order chi connectivity index (χ1) is 14.0. The first kappa shape index (κ1) is 23.8. The van der Waals surface area contributed by atoms with Crippen molar-refractivity contribution in [2.75, 3.05) is 27.3 Å². The Morgan fingerprint density at radius 3 is 2.10 bits per heavy atom. The van der Waals surface area contributed by atoms with E-state index in [2.05, 4.69) is 25.7 Å². The Bertz CT molecular complexity index is 1030. The molecule has 0 fully saturated rings. The number of fused-ring (bicyclic) bond motifs is 1. The molecule has 0 saturated carbocycles. The van der Waals surface area contributed by atoms with Crippen LogP contribution in [0.1, 0.15) is 20.8 Å². The van der Waals surface area contributed by atoms with Crippen LogP contribution in [0.5, 0.6) is 11.5 Å². The SMILES string of the molecule is CCN(CC)C(C)Cn1cc(-c2ccc(OC)cc2)c2ccc(OC)cc2c1=O.Cl. The van der Waals surface area contributed by atoms with Crippen LogP contribution < -0.4 is 15.0 Å². The van der Waals surface area contributed by atoms with E-state index >= 15 is 0 Å². The summed E-state index contributed by atoms with van der Waals surface area (Å²) in [6, 6.07) is 13.9. The predicted octanol–water partition coefficient (Wildman–Crippen LogP) is 4.84. The second kappa shape index (κ2) is 10.5. The molecule has 0 aliphatic carbocycles. The third-order valence-electron chi connectivity index (χ3n) is 5.59. The van der Waals surface area contributed by atoms with E-state index in [-0.39, 0.29) is 24.0 Å². The van der Waals surface area contributed by atoms with Gasteiger partial charge in [-0.15, -0.1) is 12.4 Å².